The second kappa shape index (κ2) is 10.7. The van der Waals surface area contributed by atoms with Gasteiger partial charge in [-0.05, 0) is 30.8 Å². The Hall–Kier alpha value is -1.18. The third kappa shape index (κ3) is 13.1. The molecule has 2 nitrogen and oxygen atoms in total. The minimum atomic E-state index is 0.605. The summed E-state index contributed by atoms with van der Waals surface area (Å²) in [6, 6.07) is 0. The molecule has 0 atom stereocenters. The van der Waals surface area contributed by atoms with Crippen molar-refractivity contribution in [2.24, 2.45) is 17.6 Å². The third-order valence-electron chi connectivity index (χ3n) is 2.76. The van der Waals surface area contributed by atoms with Gasteiger partial charge in [-0.25, -0.2) is 0 Å². The standard InChI is InChI=1S/C13H22N2.C4H10/c1-11(14)10-15-12(2)8-9-13-6-4-3-5-7-13;1-4(2)3/h8-9,13,15H,1-7,10,14H2;4H,1-3H3/b9-8+;. The summed E-state index contributed by atoms with van der Waals surface area (Å²) in [5.41, 5.74) is 7.02. The van der Waals surface area contributed by atoms with Gasteiger partial charge < -0.3 is 11.1 Å². The van der Waals surface area contributed by atoms with Crippen LogP contribution >= 0.6 is 0 Å². The van der Waals surface area contributed by atoms with E-state index in [1.54, 1.807) is 0 Å². The van der Waals surface area contributed by atoms with Crippen molar-refractivity contribution in [1.82, 2.24) is 5.32 Å². The SMILES string of the molecule is C=C(N)CNC(=C)/C=C/C1CCCCC1.CC(C)C. The Kier molecular flexibility index (Phi) is 10.1. The molecule has 0 spiro atoms. The zero-order valence-corrected chi connectivity index (χ0v) is 13.0. The molecule has 0 bridgehead atoms. The quantitative estimate of drug-likeness (QED) is 0.724. The summed E-state index contributed by atoms with van der Waals surface area (Å²) < 4.78 is 0. The summed E-state index contributed by atoms with van der Waals surface area (Å²) in [7, 11) is 0. The fourth-order valence-corrected chi connectivity index (χ4v) is 1.86. The summed E-state index contributed by atoms with van der Waals surface area (Å²) in [5, 5.41) is 3.12. The lowest BCUT2D eigenvalue weighted by atomic mass is 9.89. The van der Waals surface area contributed by atoms with Crippen molar-refractivity contribution in [2.45, 2.75) is 52.9 Å². The van der Waals surface area contributed by atoms with Gasteiger partial charge in [-0.3, -0.25) is 0 Å². The van der Waals surface area contributed by atoms with Crippen LogP contribution in [0.15, 0.2) is 36.7 Å². The Morgan fingerprint density at radius 1 is 1.21 bits per heavy atom. The van der Waals surface area contributed by atoms with E-state index in [1.807, 2.05) is 0 Å². The predicted molar refractivity (Wildman–Crippen MR) is 86.7 cm³/mol. The summed E-state index contributed by atoms with van der Waals surface area (Å²) in [6.45, 7) is 14.6. The van der Waals surface area contributed by atoms with E-state index >= 15 is 0 Å². The van der Waals surface area contributed by atoms with Gasteiger partial charge in [-0.2, -0.15) is 0 Å². The van der Waals surface area contributed by atoms with Crippen LogP contribution in [0.5, 0.6) is 0 Å². The highest BCUT2D eigenvalue weighted by Gasteiger charge is 2.09. The highest BCUT2D eigenvalue weighted by Crippen LogP contribution is 2.24. The monoisotopic (exact) mass is 264 g/mol. The fourth-order valence-electron chi connectivity index (χ4n) is 1.86. The molecule has 0 aliphatic heterocycles. The first-order valence-corrected chi connectivity index (χ1v) is 7.46. The first kappa shape index (κ1) is 17.8. The van der Waals surface area contributed by atoms with Crippen molar-refractivity contribution in [1.29, 1.82) is 0 Å². The van der Waals surface area contributed by atoms with Gasteiger partial charge >= 0.3 is 0 Å². The number of rotatable bonds is 5. The Morgan fingerprint density at radius 2 is 1.74 bits per heavy atom. The van der Waals surface area contributed by atoms with Crippen LogP contribution in [0.2, 0.25) is 0 Å². The molecule has 0 radical (unpaired) electrons. The van der Waals surface area contributed by atoms with E-state index in [2.05, 4.69) is 51.4 Å². The minimum absolute atomic E-state index is 0.605. The molecule has 0 aromatic rings. The smallest absolute Gasteiger partial charge is 0.0539 e. The molecule has 0 saturated heterocycles. The third-order valence-corrected chi connectivity index (χ3v) is 2.76. The molecule has 1 aliphatic carbocycles. The Labute approximate surface area is 119 Å². The molecule has 110 valence electrons. The topological polar surface area (TPSA) is 38.0 Å². The Balaban J connectivity index is 0.000000711. The van der Waals surface area contributed by atoms with Crippen molar-refractivity contribution in [3.05, 3.63) is 36.7 Å². The second-order valence-electron chi connectivity index (χ2n) is 6.03. The number of nitrogens with one attached hydrogen (secondary N) is 1. The van der Waals surface area contributed by atoms with Crippen LogP contribution in [0.25, 0.3) is 0 Å². The van der Waals surface area contributed by atoms with E-state index in [0.29, 0.717) is 12.2 Å². The first-order valence-electron chi connectivity index (χ1n) is 7.46. The van der Waals surface area contributed by atoms with E-state index in [4.69, 9.17) is 5.73 Å². The van der Waals surface area contributed by atoms with Crippen LogP contribution in [0.4, 0.5) is 0 Å². The first-order chi connectivity index (χ1) is 8.91. The van der Waals surface area contributed by atoms with Crippen LogP contribution < -0.4 is 11.1 Å². The maximum Gasteiger partial charge on any atom is 0.0539 e. The molecule has 1 fully saturated rings. The molecule has 0 heterocycles. The van der Waals surface area contributed by atoms with E-state index in [1.165, 1.54) is 32.1 Å². The molecule has 2 heteroatoms. The van der Waals surface area contributed by atoms with E-state index in [-0.39, 0.29) is 0 Å². The molecular formula is C17H32N2. The van der Waals surface area contributed by atoms with Gasteiger partial charge in [0.1, 0.15) is 0 Å². The maximum absolute atomic E-state index is 5.46. The van der Waals surface area contributed by atoms with Gasteiger partial charge in [0.2, 0.25) is 0 Å². The number of nitrogens with two attached hydrogens (primary N) is 1. The largest absolute Gasteiger partial charge is 0.401 e. The van der Waals surface area contributed by atoms with Gasteiger partial charge in [0.15, 0.2) is 0 Å². The van der Waals surface area contributed by atoms with Crippen molar-refractivity contribution >= 4 is 0 Å². The molecule has 0 unspecified atom stereocenters. The molecule has 1 saturated carbocycles. The number of hydrogen-bond donors (Lipinski definition) is 2. The van der Waals surface area contributed by atoms with E-state index in [0.717, 1.165) is 17.5 Å². The summed E-state index contributed by atoms with van der Waals surface area (Å²) >= 11 is 0. The van der Waals surface area contributed by atoms with E-state index in [9.17, 15) is 0 Å². The van der Waals surface area contributed by atoms with Crippen LogP contribution in [-0.2, 0) is 0 Å². The zero-order chi connectivity index (χ0) is 14.7. The van der Waals surface area contributed by atoms with Crippen molar-refractivity contribution in [3.63, 3.8) is 0 Å². The summed E-state index contributed by atoms with van der Waals surface area (Å²) in [5.74, 6) is 1.58. The molecular weight excluding hydrogens is 232 g/mol. The zero-order valence-electron chi connectivity index (χ0n) is 13.0. The van der Waals surface area contributed by atoms with Gasteiger partial charge in [0.05, 0.1) is 6.54 Å². The van der Waals surface area contributed by atoms with Gasteiger partial charge in [0.25, 0.3) is 0 Å². The maximum atomic E-state index is 5.46. The minimum Gasteiger partial charge on any atom is -0.401 e. The van der Waals surface area contributed by atoms with Gasteiger partial charge in [-0.1, -0.05) is 59.3 Å². The highest BCUT2D eigenvalue weighted by atomic mass is 14.9. The van der Waals surface area contributed by atoms with Gasteiger partial charge in [0, 0.05) is 11.4 Å². The lowest BCUT2D eigenvalue weighted by Gasteiger charge is -2.17. The average Bonchev–Trinajstić information content (AvgIpc) is 2.34. The highest BCUT2D eigenvalue weighted by molar-refractivity contribution is 5.14. The number of hydrogen-bond acceptors (Lipinski definition) is 2. The lowest BCUT2D eigenvalue weighted by Crippen LogP contribution is -2.18. The summed E-state index contributed by atoms with van der Waals surface area (Å²) in [4.78, 5) is 0. The van der Waals surface area contributed by atoms with Crippen molar-refractivity contribution in [3.8, 4) is 0 Å². The molecule has 19 heavy (non-hydrogen) atoms. The lowest BCUT2D eigenvalue weighted by molar-refractivity contribution is 0.419. The predicted octanol–water partition coefficient (Wildman–Crippen LogP) is 4.36. The Bertz CT molecular complexity index is 281. The van der Waals surface area contributed by atoms with Crippen LogP contribution in [0.3, 0.4) is 0 Å². The number of allylic oxidation sites excluding steroid dienone is 2. The molecule has 1 aliphatic rings. The van der Waals surface area contributed by atoms with Crippen molar-refractivity contribution < 1.29 is 0 Å². The second-order valence-corrected chi connectivity index (χ2v) is 6.03. The molecule has 0 aromatic heterocycles. The van der Waals surface area contributed by atoms with Gasteiger partial charge in [-0.15, -0.1) is 0 Å². The normalized spacial score (nSPS) is 16.0. The summed E-state index contributed by atoms with van der Waals surface area (Å²) in [6.07, 6.45) is 11.1. The van der Waals surface area contributed by atoms with Crippen LogP contribution in [0.1, 0.15) is 52.9 Å². The van der Waals surface area contributed by atoms with E-state index < -0.39 is 0 Å². The molecule has 3 N–H and O–H groups in total. The average molecular weight is 264 g/mol. The van der Waals surface area contributed by atoms with Crippen LogP contribution in [0, 0.1) is 11.8 Å². The Morgan fingerprint density at radius 3 is 2.21 bits per heavy atom. The van der Waals surface area contributed by atoms with Crippen LogP contribution in [-0.4, -0.2) is 6.54 Å². The molecule has 0 amide bonds. The molecule has 1 rings (SSSR count). The molecule has 0 aromatic carbocycles. The fraction of sp³-hybridized carbons (Fsp3) is 0.647. The van der Waals surface area contributed by atoms with Crippen molar-refractivity contribution in [2.75, 3.05) is 6.54 Å².